The first-order valence-corrected chi connectivity index (χ1v) is 11.3. The average molecular weight is 481 g/mol. The minimum Gasteiger partial charge on any atom is -0.383 e. The molecule has 6 nitrogen and oxygen atoms in total. The van der Waals surface area contributed by atoms with Crippen LogP contribution in [0.4, 0.5) is 10.2 Å². The number of allylic oxidation sites excluding steroid dienone is 1. The third kappa shape index (κ3) is 3.92. The highest BCUT2D eigenvalue weighted by Crippen LogP contribution is 2.38. The normalized spacial score (nSPS) is 17.3. The lowest BCUT2D eigenvalue weighted by molar-refractivity contribution is 0.437. The molecule has 1 aliphatic heterocycles. The van der Waals surface area contributed by atoms with Crippen molar-refractivity contribution in [3.05, 3.63) is 53.3 Å². The van der Waals surface area contributed by atoms with E-state index in [4.69, 9.17) is 10.7 Å². The van der Waals surface area contributed by atoms with E-state index in [9.17, 15) is 4.39 Å². The van der Waals surface area contributed by atoms with Gasteiger partial charge in [0.25, 0.3) is 0 Å². The first-order chi connectivity index (χ1) is 15.1. The lowest BCUT2D eigenvalue weighted by Crippen LogP contribution is -2.17. The standard InChI is InChI=1S/C23H22BrFN6/c24-19-9-21(14-4-2-1-3-5-14)30-23-18(13-29-31(23)22(19)26)15-6-7-20(28-11-15)16-8-17(25)12-27-10-16/h6-8,10-14H,1-5,9,26H2. The van der Waals surface area contributed by atoms with Crippen molar-refractivity contribution >= 4 is 33.3 Å². The molecule has 0 radical (unpaired) electrons. The van der Waals surface area contributed by atoms with Crippen LogP contribution in [0.5, 0.6) is 0 Å². The summed E-state index contributed by atoms with van der Waals surface area (Å²) in [4.78, 5) is 13.5. The molecule has 0 atom stereocenters. The molecule has 1 saturated carbocycles. The SMILES string of the molecule is NC1=C(Br)CC(C2CCCCC2)=Nc2c(-c3ccc(-c4cncc(F)c4)nc3)cnn21. The lowest BCUT2D eigenvalue weighted by atomic mass is 9.84. The number of pyridine rings is 2. The smallest absolute Gasteiger partial charge is 0.165 e. The largest absolute Gasteiger partial charge is 0.383 e. The Hall–Kier alpha value is -2.87. The lowest BCUT2D eigenvalue weighted by Gasteiger charge is -2.23. The van der Waals surface area contributed by atoms with E-state index in [1.807, 2.05) is 12.1 Å². The van der Waals surface area contributed by atoms with Gasteiger partial charge in [0.15, 0.2) is 5.82 Å². The predicted molar refractivity (Wildman–Crippen MR) is 123 cm³/mol. The van der Waals surface area contributed by atoms with Gasteiger partial charge in [-0.15, -0.1) is 0 Å². The Balaban J connectivity index is 1.54. The van der Waals surface area contributed by atoms with Gasteiger partial charge in [-0.1, -0.05) is 41.3 Å². The van der Waals surface area contributed by atoms with Crippen molar-refractivity contribution in [3.63, 3.8) is 0 Å². The zero-order valence-electron chi connectivity index (χ0n) is 16.9. The average Bonchev–Trinajstić information content (AvgIpc) is 3.17. The van der Waals surface area contributed by atoms with E-state index in [2.05, 4.69) is 31.0 Å². The van der Waals surface area contributed by atoms with Gasteiger partial charge in [-0.2, -0.15) is 9.78 Å². The van der Waals surface area contributed by atoms with Gasteiger partial charge in [-0.3, -0.25) is 9.97 Å². The van der Waals surface area contributed by atoms with E-state index in [0.717, 1.165) is 27.1 Å². The van der Waals surface area contributed by atoms with Crippen LogP contribution in [0.15, 0.2) is 52.5 Å². The van der Waals surface area contributed by atoms with Crippen molar-refractivity contribution in [2.24, 2.45) is 16.6 Å². The zero-order valence-corrected chi connectivity index (χ0v) is 18.5. The molecule has 8 heteroatoms. The molecule has 31 heavy (non-hydrogen) atoms. The number of aliphatic imine (C=N–C) groups is 1. The second kappa shape index (κ2) is 8.34. The van der Waals surface area contributed by atoms with Crippen LogP contribution in [0, 0.1) is 11.7 Å². The number of halogens is 2. The predicted octanol–water partition coefficient (Wildman–Crippen LogP) is 5.68. The van der Waals surface area contributed by atoms with Crippen molar-refractivity contribution in [3.8, 4) is 22.4 Å². The molecule has 0 amide bonds. The fraction of sp³-hybridized carbons (Fsp3) is 0.304. The minimum absolute atomic E-state index is 0.386. The highest BCUT2D eigenvalue weighted by Gasteiger charge is 2.26. The summed E-state index contributed by atoms with van der Waals surface area (Å²) in [5, 5.41) is 4.51. The monoisotopic (exact) mass is 480 g/mol. The number of rotatable bonds is 3. The highest BCUT2D eigenvalue weighted by atomic mass is 79.9. The molecule has 1 fully saturated rings. The van der Waals surface area contributed by atoms with Crippen LogP contribution < -0.4 is 5.73 Å². The molecule has 2 N–H and O–H groups in total. The van der Waals surface area contributed by atoms with Gasteiger partial charge >= 0.3 is 0 Å². The van der Waals surface area contributed by atoms with Gasteiger partial charge in [0.05, 0.1) is 18.1 Å². The molecule has 0 unspecified atom stereocenters. The van der Waals surface area contributed by atoms with E-state index in [-0.39, 0.29) is 5.82 Å². The Bertz CT molecular complexity index is 1180. The summed E-state index contributed by atoms with van der Waals surface area (Å²) < 4.78 is 16.1. The Morgan fingerprint density at radius 2 is 1.87 bits per heavy atom. The van der Waals surface area contributed by atoms with E-state index in [0.29, 0.717) is 29.4 Å². The fourth-order valence-corrected chi connectivity index (χ4v) is 4.77. The minimum atomic E-state index is -0.386. The highest BCUT2D eigenvalue weighted by molar-refractivity contribution is 9.11. The molecule has 0 spiro atoms. The number of hydrogen-bond donors (Lipinski definition) is 1. The summed E-state index contributed by atoms with van der Waals surface area (Å²) in [6, 6.07) is 5.22. The van der Waals surface area contributed by atoms with Gasteiger partial charge in [0.1, 0.15) is 11.6 Å². The van der Waals surface area contributed by atoms with Crippen LogP contribution in [0.3, 0.4) is 0 Å². The first kappa shape index (κ1) is 20.1. The quantitative estimate of drug-likeness (QED) is 0.522. The van der Waals surface area contributed by atoms with E-state index >= 15 is 0 Å². The van der Waals surface area contributed by atoms with Crippen molar-refractivity contribution in [1.82, 2.24) is 19.7 Å². The molecular weight excluding hydrogens is 459 g/mol. The van der Waals surface area contributed by atoms with Crippen LogP contribution in [-0.4, -0.2) is 25.5 Å². The number of hydrogen-bond acceptors (Lipinski definition) is 5. The van der Waals surface area contributed by atoms with E-state index in [1.54, 1.807) is 23.3 Å². The van der Waals surface area contributed by atoms with Crippen LogP contribution in [0.1, 0.15) is 38.5 Å². The summed E-state index contributed by atoms with van der Waals surface area (Å²) in [6.45, 7) is 0. The topological polar surface area (TPSA) is 82.0 Å². The van der Waals surface area contributed by atoms with Crippen LogP contribution in [0.25, 0.3) is 28.2 Å². The number of fused-ring (bicyclic) bond motifs is 1. The first-order valence-electron chi connectivity index (χ1n) is 10.5. The number of aromatic nitrogens is 4. The molecule has 0 bridgehead atoms. The van der Waals surface area contributed by atoms with E-state index < -0.39 is 0 Å². The summed E-state index contributed by atoms with van der Waals surface area (Å²) in [5.74, 6) is 1.38. The molecule has 3 aromatic rings. The Kier molecular flexibility index (Phi) is 5.40. The molecule has 0 aromatic carbocycles. The molecule has 158 valence electrons. The van der Waals surface area contributed by atoms with Crippen molar-refractivity contribution in [2.45, 2.75) is 38.5 Å². The second-order valence-electron chi connectivity index (χ2n) is 8.02. The van der Waals surface area contributed by atoms with Gasteiger partial charge in [0, 0.05) is 45.7 Å². The van der Waals surface area contributed by atoms with Crippen molar-refractivity contribution < 1.29 is 4.39 Å². The molecule has 1 aliphatic carbocycles. The van der Waals surface area contributed by atoms with Gasteiger partial charge in [-0.25, -0.2) is 9.38 Å². The molecule has 3 aromatic heterocycles. The molecular formula is C23H22BrFN6. The molecule has 0 saturated heterocycles. The maximum absolute atomic E-state index is 13.5. The van der Waals surface area contributed by atoms with Crippen molar-refractivity contribution in [1.29, 1.82) is 0 Å². The van der Waals surface area contributed by atoms with Gasteiger partial charge in [-0.05, 0) is 30.9 Å². The maximum atomic E-state index is 13.5. The van der Waals surface area contributed by atoms with Gasteiger partial charge in [0.2, 0.25) is 0 Å². The fourth-order valence-electron chi connectivity index (χ4n) is 4.32. The third-order valence-electron chi connectivity index (χ3n) is 5.99. The second-order valence-corrected chi connectivity index (χ2v) is 8.98. The Morgan fingerprint density at radius 3 is 2.61 bits per heavy atom. The third-order valence-corrected chi connectivity index (χ3v) is 6.67. The maximum Gasteiger partial charge on any atom is 0.165 e. The summed E-state index contributed by atoms with van der Waals surface area (Å²) in [6.07, 6.45) is 13.1. The number of nitrogens with two attached hydrogens (primary N) is 1. The zero-order chi connectivity index (χ0) is 21.4. The summed E-state index contributed by atoms with van der Waals surface area (Å²) in [7, 11) is 0. The van der Waals surface area contributed by atoms with Gasteiger partial charge < -0.3 is 5.73 Å². The molecule has 2 aliphatic rings. The van der Waals surface area contributed by atoms with E-state index in [1.165, 1.54) is 44.4 Å². The Labute approximate surface area is 188 Å². The van der Waals surface area contributed by atoms with Crippen LogP contribution in [0.2, 0.25) is 0 Å². The van der Waals surface area contributed by atoms with Crippen molar-refractivity contribution in [2.75, 3.05) is 0 Å². The molecule has 4 heterocycles. The number of nitrogens with zero attached hydrogens (tertiary/aromatic N) is 5. The summed E-state index contributed by atoms with van der Waals surface area (Å²) in [5.41, 5.74) is 10.6. The van der Waals surface area contributed by atoms with Crippen LogP contribution in [-0.2, 0) is 0 Å². The molecule has 5 rings (SSSR count). The summed E-state index contributed by atoms with van der Waals surface area (Å²) >= 11 is 3.65. The Morgan fingerprint density at radius 1 is 1.03 bits per heavy atom. The van der Waals surface area contributed by atoms with Crippen LogP contribution >= 0.6 is 15.9 Å².